The molecule has 2 aliphatic heterocycles. The Morgan fingerprint density at radius 1 is 1.22 bits per heavy atom. The third-order valence-corrected chi connectivity index (χ3v) is 6.30. The van der Waals surface area contributed by atoms with Crippen molar-refractivity contribution in [3.63, 3.8) is 0 Å². The number of pyridine rings is 2. The number of halogens is 1. The van der Waals surface area contributed by atoms with Gasteiger partial charge in [0, 0.05) is 38.8 Å². The van der Waals surface area contributed by atoms with E-state index in [4.69, 9.17) is 4.74 Å². The summed E-state index contributed by atoms with van der Waals surface area (Å²) < 4.78 is 21.0. The molecule has 5 rings (SSSR count). The molecule has 0 saturated carbocycles. The minimum absolute atomic E-state index is 0.0852. The molecule has 3 aromatic rings. The summed E-state index contributed by atoms with van der Waals surface area (Å²) in [4.78, 5) is 19.2. The van der Waals surface area contributed by atoms with E-state index in [0.29, 0.717) is 24.6 Å². The largest absolute Gasteiger partial charge is 0.488 e. The second-order valence-corrected chi connectivity index (χ2v) is 8.56. The van der Waals surface area contributed by atoms with Crippen LogP contribution in [-0.2, 0) is 13.1 Å². The van der Waals surface area contributed by atoms with Crippen molar-refractivity contribution in [3.05, 3.63) is 64.5 Å². The molecular weight excluding hydrogens is 409 g/mol. The Hall–Kier alpha value is -2.97. The van der Waals surface area contributed by atoms with Crippen LogP contribution in [0.15, 0.2) is 47.4 Å². The Kier molecular flexibility index (Phi) is 6.05. The van der Waals surface area contributed by atoms with Gasteiger partial charge in [0.2, 0.25) is 0 Å². The molecule has 168 valence electrons. The van der Waals surface area contributed by atoms with Crippen LogP contribution in [0.2, 0.25) is 0 Å². The highest BCUT2D eigenvalue weighted by Crippen LogP contribution is 2.26. The van der Waals surface area contributed by atoms with E-state index in [-0.39, 0.29) is 11.4 Å². The van der Waals surface area contributed by atoms with Crippen LogP contribution >= 0.6 is 0 Å². The highest BCUT2D eigenvalue weighted by atomic mass is 19.1. The van der Waals surface area contributed by atoms with Gasteiger partial charge in [-0.15, -0.1) is 0 Å². The Morgan fingerprint density at radius 3 is 3.06 bits per heavy atom. The van der Waals surface area contributed by atoms with Gasteiger partial charge in [0.05, 0.1) is 23.1 Å². The lowest BCUT2D eigenvalue weighted by atomic mass is 10.1. The second-order valence-electron chi connectivity index (χ2n) is 8.56. The highest BCUT2D eigenvalue weighted by molar-refractivity contribution is 5.78. The number of hydrogen-bond acceptors (Lipinski definition) is 6. The van der Waals surface area contributed by atoms with Crippen LogP contribution in [0.4, 0.5) is 10.1 Å². The van der Waals surface area contributed by atoms with Crippen LogP contribution in [0.3, 0.4) is 0 Å². The normalized spacial score (nSPS) is 18.3. The minimum atomic E-state index is -0.319. The quantitative estimate of drug-likeness (QED) is 0.592. The molecule has 2 aromatic heterocycles. The first-order valence-electron chi connectivity index (χ1n) is 11.2. The van der Waals surface area contributed by atoms with Crippen molar-refractivity contribution < 1.29 is 9.13 Å². The number of benzene rings is 1. The first-order valence-corrected chi connectivity index (χ1v) is 11.2. The molecule has 8 heteroatoms. The molecule has 4 heterocycles. The summed E-state index contributed by atoms with van der Waals surface area (Å²) >= 11 is 0. The molecule has 0 bridgehead atoms. The molecule has 1 atom stereocenters. The number of nitrogens with zero attached hydrogens (tertiary/aromatic N) is 3. The molecule has 0 radical (unpaired) electrons. The fraction of sp³-hybridized carbons (Fsp3) is 0.417. The van der Waals surface area contributed by atoms with Crippen LogP contribution < -0.4 is 20.9 Å². The predicted octanol–water partition coefficient (Wildman–Crippen LogP) is 2.45. The van der Waals surface area contributed by atoms with Crippen molar-refractivity contribution in [1.82, 2.24) is 19.8 Å². The van der Waals surface area contributed by atoms with E-state index >= 15 is 0 Å². The monoisotopic (exact) mass is 437 g/mol. The SMILES string of the molecule is O=c1ccc2ccc(F)cc2n1CCN1CC[C@@H](CNCc2cc3c(cn2)OCCN3)C1. The lowest BCUT2D eigenvalue weighted by Gasteiger charge is -2.19. The smallest absolute Gasteiger partial charge is 0.251 e. The van der Waals surface area contributed by atoms with E-state index < -0.39 is 0 Å². The number of fused-ring (bicyclic) bond motifs is 2. The maximum atomic E-state index is 13.7. The number of hydrogen-bond donors (Lipinski definition) is 2. The molecule has 0 amide bonds. The van der Waals surface area contributed by atoms with Gasteiger partial charge in [0.25, 0.3) is 5.56 Å². The van der Waals surface area contributed by atoms with Crippen molar-refractivity contribution >= 4 is 16.6 Å². The molecule has 32 heavy (non-hydrogen) atoms. The van der Waals surface area contributed by atoms with Gasteiger partial charge in [-0.05, 0) is 61.1 Å². The number of rotatable bonds is 7. The standard InChI is InChI=1S/C24H28FN5O2/c25-19-3-1-18-2-4-24(31)30(22(18)11-19)9-8-29-7-5-17(16-29)13-26-14-20-12-21-23(15-28-20)32-10-6-27-21/h1-4,11-12,15,17,26-27H,5-10,13-14,16H2/t17-/m0/s1. The number of nitrogens with one attached hydrogen (secondary N) is 2. The zero-order valence-corrected chi connectivity index (χ0v) is 18.0. The molecule has 2 aliphatic rings. The van der Waals surface area contributed by atoms with Crippen LogP contribution in [0.1, 0.15) is 12.1 Å². The van der Waals surface area contributed by atoms with Gasteiger partial charge in [-0.1, -0.05) is 0 Å². The Bertz CT molecular complexity index is 1160. The van der Waals surface area contributed by atoms with E-state index in [2.05, 4.69) is 20.5 Å². The fourth-order valence-corrected chi connectivity index (χ4v) is 4.60. The molecule has 1 fully saturated rings. The first kappa shape index (κ1) is 20.9. The van der Waals surface area contributed by atoms with Crippen molar-refractivity contribution in [1.29, 1.82) is 0 Å². The van der Waals surface area contributed by atoms with Crippen LogP contribution in [-0.4, -0.2) is 53.8 Å². The zero-order chi connectivity index (χ0) is 21.9. The Labute approximate surface area is 186 Å². The maximum Gasteiger partial charge on any atom is 0.251 e. The number of aromatic nitrogens is 2. The van der Waals surface area contributed by atoms with E-state index in [1.165, 1.54) is 12.1 Å². The fourth-order valence-electron chi connectivity index (χ4n) is 4.60. The summed E-state index contributed by atoms with van der Waals surface area (Å²) in [6.45, 7) is 6.50. The number of anilines is 1. The van der Waals surface area contributed by atoms with Gasteiger partial charge in [-0.3, -0.25) is 9.78 Å². The third-order valence-electron chi connectivity index (χ3n) is 6.30. The summed E-state index contributed by atoms with van der Waals surface area (Å²) in [7, 11) is 0. The molecule has 2 N–H and O–H groups in total. The topological polar surface area (TPSA) is 71.4 Å². The van der Waals surface area contributed by atoms with Crippen LogP contribution in [0.25, 0.3) is 10.9 Å². The molecule has 1 aromatic carbocycles. The molecule has 0 aliphatic carbocycles. The van der Waals surface area contributed by atoms with Gasteiger partial charge in [-0.25, -0.2) is 4.39 Å². The van der Waals surface area contributed by atoms with Crippen molar-refractivity contribution in [2.45, 2.75) is 19.5 Å². The molecular formula is C24H28FN5O2. The van der Waals surface area contributed by atoms with Crippen LogP contribution in [0.5, 0.6) is 5.75 Å². The van der Waals surface area contributed by atoms with Crippen molar-refractivity contribution in [2.24, 2.45) is 5.92 Å². The first-order chi connectivity index (χ1) is 15.7. The molecule has 0 spiro atoms. The van der Waals surface area contributed by atoms with Gasteiger partial charge in [0.15, 0.2) is 5.75 Å². The third kappa shape index (κ3) is 4.61. The van der Waals surface area contributed by atoms with Gasteiger partial charge in [0.1, 0.15) is 12.4 Å². The molecule has 0 unspecified atom stereocenters. The van der Waals surface area contributed by atoms with Gasteiger partial charge in [-0.2, -0.15) is 0 Å². The molecule has 1 saturated heterocycles. The molecule has 7 nitrogen and oxygen atoms in total. The van der Waals surface area contributed by atoms with E-state index in [0.717, 1.165) is 68.2 Å². The van der Waals surface area contributed by atoms with E-state index in [9.17, 15) is 9.18 Å². The zero-order valence-electron chi connectivity index (χ0n) is 18.0. The summed E-state index contributed by atoms with van der Waals surface area (Å²) in [5, 5.41) is 7.75. The second kappa shape index (κ2) is 9.26. The Balaban J connectivity index is 1.12. The number of likely N-dealkylation sites (tertiary alicyclic amines) is 1. The van der Waals surface area contributed by atoms with Crippen molar-refractivity contribution in [3.8, 4) is 5.75 Å². The maximum absolute atomic E-state index is 13.7. The summed E-state index contributed by atoms with van der Waals surface area (Å²) in [5.74, 6) is 1.07. The number of ether oxygens (including phenoxy) is 1. The summed E-state index contributed by atoms with van der Waals surface area (Å²) in [6.07, 6.45) is 2.91. The average Bonchev–Trinajstić information content (AvgIpc) is 3.26. The highest BCUT2D eigenvalue weighted by Gasteiger charge is 2.22. The van der Waals surface area contributed by atoms with E-state index in [1.54, 1.807) is 29.0 Å². The Morgan fingerprint density at radius 2 is 2.12 bits per heavy atom. The lowest BCUT2D eigenvalue weighted by Crippen LogP contribution is -2.31. The summed E-state index contributed by atoms with van der Waals surface area (Å²) in [6, 6.07) is 9.97. The van der Waals surface area contributed by atoms with E-state index in [1.807, 2.05) is 6.07 Å². The minimum Gasteiger partial charge on any atom is -0.488 e. The predicted molar refractivity (Wildman–Crippen MR) is 123 cm³/mol. The van der Waals surface area contributed by atoms with Crippen LogP contribution in [0, 0.1) is 11.7 Å². The lowest BCUT2D eigenvalue weighted by molar-refractivity contribution is 0.307. The average molecular weight is 438 g/mol. The van der Waals surface area contributed by atoms with Crippen molar-refractivity contribution in [2.75, 3.05) is 44.6 Å². The summed E-state index contributed by atoms with van der Waals surface area (Å²) in [5.41, 5.74) is 2.59. The van der Waals surface area contributed by atoms with Gasteiger partial charge < -0.3 is 24.8 Å². The van der Waals surface area contributed by atoms with Gasteiger partial charge >= 0.3 is 0 Å².